The van der Waals surface area contributed by atoms with Gasteiger partial charge in [-0.15, -0.1) is 0 Å². The Balaban J connectivity index is 1.39. The van der Waals surface area contributed by atoms with Gasteiger partial charge in [-0.05, 0) is 62.1 Å². The van der Waals surface area contributed by atoms with Crippen molar-refractivity contribution in [2.24, 2.45) is 13.0 Å². The van der Waals surface area contributed by atoms with Crippen LogP contribution < -0.4 is 16.0 Å². The molecule has 1 aromatic carbocycles. The Labute approximate surface area is 241 Å². The number of halogens is 1. The normalized spacial score (nSPS) is 17.3. The van der Waals surface area contributed by atoms with Crippen LogP contribution in [0.1, 0.15) is 44.1 Å². The van der Waals surface area contributed by atoms with Crippen LogP contribution in [0, 0.1) is 5.92 Å². The molecule has 12 heteroatoms. The minimum atomic E-state index is -0.441. The average Bonchev–Trinajstić information content (AvgIpc) is 3.75. The van der Waals surface area contributed by atoms with Gasteiger partial charge in [0.05, 0.1) is 13.2 Å². The smallest absolute Gasteiger partial charge is 0.332 e. The second kappa shape index (κ2) is 12.1. The molecular formula is C29H33ClN6O5. The molecule has 2 fully saturated rings. The zero-order chi connectivity index (χ0) is 28.3. The summed E-state index contributed by atoms with van der Waals surface area (Å²) in [5, 5.41) is 0.611. The summed E-state index contributed by atoms with van der Waals surface area (Å²) in [7, 11) is 1.62. The van der Waals surface area contributed by atoms with Gasteiger partial charge < -0.3 is 18.8 Å². The third-order valence-corrected chi connectivity index (χ3v) is 7.74. The lowest BCUT2D eigenvalue weighted by molar-refractivity contribution is -0.163. The van der Waals surface area contributed by atoms with E-state index in [4.69, 9.17) is 30.8 Å². The van der Waals surface area contributed by atoms with E-state index < -0.39 is 11.2 Å². The van der Waals surface area contributed by atoms with Gasteiger partial charge in [0, 0.05) is 44.2 Å². The van der Waals surface area contributed by atoms with Crippen LogP contribution in [0.4, 0.5) is 0 Å². The van der Waals surface area contributed by atoms with Gasteiger partial charge in [0.1, 0.15) is 0 Å². The summed E-state index contributed by atoms with van der Waals surface area (Å²) in [6, 6.07) is 7.38. The minimum Gasteiger partial charge on any atom is -0.476 e. The number of aromatic nitrogens is 6. The Morgan fingerprint density at radius 1 is 1.05 bits per heavy atom. The molecule has 11 nitrogen and oxygen atoms in total. The van der Waals surface area contributed by atoms with Crippen molar-refractivity contribution in [3.8, 4) is 17.4 Å². The second-order valence-corrected chi connectivity index (χ2v) is 11.0. The number of hydrogen-bond donors (Lipinski definition) is 0. The molecule has 0 spiro atoms. The molecule has 0 N–H and O–H groups in total. The van der Waals surface area contributed by atoms with Crippen molar-refractivity contribution < 1.29 is 14.2 Å². The number of ether oxygens (including phenoxy) is 3. The van der Waals surface area contributed by atoms with Crippen molar-refractivity contribution in [1.29, 1.82) is 0 Å². The molecule has 4 aromatic rings. The zero-order valence-electron chi connectivity index (χ0n) is 23.0. The summed E-state index contributed by atoms with van der Waals surface area (Å²) < 4.78 is 21.9. The molecule has 1 unspecified atom stereocenters. The molecular weight excluding hydrogens is 548 g/mol. The molecule has 2 aliphatic rings. The number of imidazole rings is 1. The fraction of sp³-hybridized carbons (Fsp3) is 0.483. The number of hydrogen-bond acceptors (Lipinski definition) is 8. The van der Waals surface area contributed by atoms with Gasteiger partial charge >= 0.3 is 5.69 Å². The molecule has 216 valence electrons. The first-order valence-electron chi connectivity index (χ1n) is 14.1. The van der Waals surface area contributed by atoms with E-state index in [1.165, 1.54) is 9.13 Å². The monoisotopic (exact) mass is 580 g/mol. The van der Waals surface area contributed by atoms with E-state index >= 15 is 0 Å². The maximum Gasteiger partial charge on any atom is 0.332 e. The molecule has 0 radical (unpaired) electrons. The van der Waals surface area contributed by atoms with Crippen LogP contribution in [0.5, 0.6) is 5.88 Å². The van der Waals surface area contributed by atoms with Crippen molar-refractivity contribution in [3.05, 3.63) is 68.1 Å². The van der Waals surface area contributed by atoms with E-state index in [2.05, 4.69) is 9.97 Å². The van der Waals surface area contributed by atoms with E-state index in [-0.39, 0.29) is 18.5 Å². The van der Waals surface area contributed by atoms with Gasteiger partial charge in [-0.25, -0.2) is 19.7 Å². The number of aryl methyl sites for hydroxylation is 1. The van der Waals surface area contributed by atoms with E-state index in [0.717, 1.165) is 37.7 Å². The highest BCUT2D eigenvalue weighted by Crippen LogP contribution is 2.32. The Morgan fingerprint density at radius 2 is 1.85 bits per heavy atom. The predicted octanol–water partition coefficient (Wildman–Crippen LogP) is 3.78. The first-order valence-corrected chi connectivity index (χ1v) is 14.5. The van der Waals surface area contributed by atoms with Crippen molar-refractivity contribution >= 4 is 22.8 Å². The molecule has 4 heterocycles. The standard InChI is InChI=1S/C29H33ClN6O5/c1-34-26-24(28(37)35(29(34)38)14-4-16-40-22-5-2-3-15-39-22)36(17-19-8-10-21(30)11-9-19)25(33-26)23-27(32-13-12-31-23)41-18-20-6-7-20/h8-13,20,22H,2-7,14-18H2,1H3. The Morgan fingerprint density at radius 3 is 2.61 bits per heavy atom. The summed E-state index contributed by atoms with van der Waals surface area (Å²) in [6.45, 7) is 2.13. The van der Waals surface area contributed by atoms with Crippen molar-refractivity contribution in [1.82, 2.24) is 28.7 Å². The van der Waals surface area contributed by atoms with Gasteiger partial charge in [0.25, 0.3) is 5.56 Å². The average molecular weight is 581 g/mol. The molecule has 0 amide bonds. The Kier molecular flexibility index (Phi) is 8.18. The molecule has 41 heavy (non-hydrogen) atoms. The van der Waals surface area contributed by atoms with E-state index in [9.17, 15) is 9.59 Å². The predicted molar refractivity (Wildman–Crippen MR) is 153 cm³/mol. The van der Waals surface area contributed by atoms with Gasteiger partial charge in [0.2, 0.25) is 5.88 Å². The van der Waals surface area contributed by atoms with Gasteiger partial charge in [-0.2, -0.15) is 0 Å². The van der Waals surface area contributed by atoms with Gasteiger partial charge in [-0.1, -0.05) is 23.7 Å². The number of benzene rings is 1. The summed E-state index contributed by atoms with van der Waals surface area (Å²) in [4.78, 5) is 41.1. The van der Waals surface area contributed by atoms with Crippen LogP contribution in [0.15, 0.2) is 46.2 Å². The van der Waals surface area contributed by atoms with Gasteiger partial charge in [-0.3, -0.25) is 13.9 Å². The molecule has 1 saturated carbocycles. The SMILES string of the molecule is Cn1c(=O)n(CCCOC2CCCCO2)c(=O)c2c1nc(-c1nccnc1OCC1CC1)n2Cc1ccc(Cl)cc1. The summed E-state index contributed by atoms with van der Waals surface area (Å²) in [6.07, 6.45) is 8.63. The van der Waals surface area contributed by atoms with Gasteiger partial charge in [0.15, 0.2) is 29.0 Å². The minimum absolute atomic E-state index is 0.205. The number of nitrogens with zero attached hydrogens (tertiary/aromatic N) is 6. The van der Waals surface area contributed by atoms with Crippen LogP contribution in [-0.4, -0.2) is 54.8 Å². The van der Waals surface area contributed by atoms with E-state index in [1.807, 2.05) is 12.1 Å². The van der Waals surface area contributed by atoms with Crippen LogP contribution in [0.25, 0.3) is 22.7 Å². The Bertz CT molecular complexity index is 1640. The van der Waals surface area contributed by atoms with Crippen molar-refractivity contribution in [2.45, 2.75) is 57.9 Å². The third kappa shape index (κ3) is 6.07. The van der Waals surface area contributed by atoms with Crippen molar-refractivity contribution in [2.75, 3.05) is 19.8 Å². The molecule has 1 atom stereocenters. The fourth-order valence-corrected chi connectivity index (χ4v) is 5.15. The zero-order valence-corrected chi connectivity index (χ0v) is 23.8. The maximum atomic E-state index is 14.0. The first-order chi connectivity index (χ1) is 20.0. The quantitative estimate of drug-likeness (QED) is 0.246. The van der Waals surface area contributed by atoms with Crippen molar-refractivity contribution in [3.63, 3.8) is 0 Å². The largest absolute Gasteiger partial charge is 0.476 e. The topological polar surface area (TPSA) is 115 Å². The van der Waals surface area contributed by atoms with Crippen LogP contribution in [-0.2, 0) is 29.6 Å². The molecule has 3 aromatic heterocycles. The van der Waals surface area contributed by atoms with Crippen LogP contribution >= 0.6 is 11.6 Å². The highest BCUT2D eigenvalue weighted by Gasteiger charge is 2.27. The number of rotatable bonds is 11. The highest BCUT2D eigenvalue weighted by atomic mass is 35.5. The fourth-order valence-electron chi connectivity index (χ4n) is 5.02. The first kappa shape index (κ1) is 27.6. The highest BCUT2D eigenvalue weighted by molar-refractivity contribution is 6.30. The van der Waals surface area contributed by atoms with E-state index in [1.54, 1.807) is 36.1 Å². The lowest BCUT2D eigenvalue weighted by atomic mass is 10.2. The van der Waals surface area contributed by atoms with Crippen LogP contribution in [0.2, 0.25) is 5.02 Å². The molecule has 1 aliphatic heterocycles. The lowest BCUT2D eigenvalue weighted by Crippen LogP contribution is -2.40. The number of fused-ring (bicyclic) bond motifs is 1. The summed E-state index contributed by atoms with van der Waals surface area (Å²) in [5.41, 5.74) is 1.02. The summed E-state index contributed by atoms with van der Waals surface area (Å²) in [5.74, 6) is 1.26. The van der Waals surface area contributed by atoms with E-state index in [0.29, 0.717) is 66.6 Å². The second-order valence-electron chi connectivity index (χ2n) is 10.6. The third-order valence-electron chi connectivity index (χ3n) is 7.48. The molecule has 0 bridgehead atoms. The lowest BCUT2D eigenvalue weighted by Gasteiger charge is -2.22. The molecule has 6 rings (SSSR count). The maximum absolute atomic E-state index is 14.0. The van der Waals surface area contributed by atoms with Crippen LogP contribution in [0.3, 0.4) is 0 Å². The molecule has 1 aliphatic carbocycles. The Hall–Kier alpha value is -3.54. The summed E-state index contributed by atoms with van der Waals surface area (Å²) >= 11 is 6.13. The molecule has 1 saturated heterocycles.